The van der Waals surface area contributed by atoms with Crippen molar-refractivity contribution < 1.29 is 66.4 Å². The van der Waals surface area contributed by atoms with Crippen molar-refractivity contribution in [2.75, 3.05) is 0 Å². The normalized spacial score (nSPS) is 13.2. The van der Waals surface area contributed by atoms with Crippen LogP contribution in [0, 0.1) is 104 Å². The van der Waals surface area contributed by atoms with Crippen LogP contribution in [0.1, 0.15) is 16.7 Å². The Hall–Kier alpha value is -4.64. The Balaban J connectivity index is 2.02. The quantitative estimate of drug-likeness (QED) is 0.260. The van der Waals surface area contributed by atoms with E-state index in [1.807, 2.05) is 0 Å². The van der Waals surface area contributed by atoms with E-state index in [0.717, 1.165) is 18.2 Å². The van der Waals surface area contributed by atoms with Crippen LogP contribution < -0.4 is 16.4 Å². The van der Waals surface area contributed by atoms with Crippen molar-refractivity contribution in [2.24, 2.45) is 0 Å². The predicted octanol–water partition coefficient (Wildman–Crippen LogP) is 2.52. The smallest absolute Gasteiger partial charge is 0.444 e. The lowest BCUT2D eigenvalue weighted by Crippen LogP contribution is -2.64. The van der Waals surface area contributed by atoms with Crippen LogP contribution in [0.25, 0.3) is 0 Å². The van der Waals surface area contributed by atoms with Gasteiger partial charge in [0.25, 0.3) is 0 Å². The molecule has 0 radical (unpaired) electrons. The van der Waals surface area contributed by atoms with Gasteiger partial charge in [0.05, 0.1) is 16.4 Å². The molecule has 0 saturated carbocycles. The number of benzene rings is 3. The van der Waals surface area contributed by atoms with E-state index in [-0.39, 0.29) is 0 Å². The zero-order valence-electron chi connectivity index (χ0n) is 19.3. The lowest BCUT2D eigenvalue weighted by molar-refractivity contribution is 0.299. The van der Waals surface area contributed by atoms with Crippen LogP contribution in [0.15, 0.2) is 0 Å². The van der Waals surface area contributed by atoms with Crippen molar-refractivity contribution >= 4 is 37.7 Å². The van der Waals surface area contributed by atoms with Crippen LogP contribution >= 0.6 is 0 Å². The summed E-state index contributed by atoms with van der Waals surface area (Å²) in [5.74, 6) is -29.6. The second kappa shape index (κ2) is 11.0. The minimum atomic E-state index is -3.17. The van der Waals surface area contributed by atoms with Crippen molar-refractivity contribution in [3.8, 4) is 18.2 Å². The third-order valence-corrected chi connectivity index (χ3v) is 5.68. The molecule has 42 heavy (non-hydrogen) atoms. The number of hydrogen-bond donors (Lipinski definition) is 0. The Morgan fingerprint density at radius 1 is 0.333 bits per heavy atom. The van der Waals surface area contributed by atoms with Crippen molar-refractivity contribution in [1.82, 2.24) is 0 Å². The van der Waals surface area contributed by atoms with Gasteiger partial charge in [-0.25, -0.2) is 52.7 Å². The van der Waals surface area contributed by atoms with E-state index >= 15 is 0 Å². The van der Waals surface area contributed by atoms with Gasteiger partial charge in [-0.05, 0) is 0 Å². The summed E-state index contributed by atoms with van der Waals surface area (Å²) in [6.07, 6.45) is 0. The molecule has 3 aromatic rings. The topological polar surface area (TPSA) is 99.1 Å². The molecule has 3 aromatic carbocycles. The van der Waals surface area contributed by atoms with Gasteiger partial charge in [-0.15, -0.1) is 0 Å². The van der Waals surface area contributed by atoms with Crippen molar-refractivity contribution in [2.45, 2.75) is 0 Å². The number of rotatable bonds is 3. The van der Waals surface area contributed by atoms with Crippen molar-refractivity contribution in [3.05, 3.63) is 86.5 Å². The second-order valence-electron chi connectivity index (χ2n) is 7.87. The number of nitrogens with zero attached hydrogens (tertiary/aromatic N) is 3. The molecule has 1 aliphatic rings. The van der Waals surface area contributed by atoms with E-state index in [4.69, 9.17) is 15.8 Å². The fourth-order valence-corrected chi connectivity index (χ4v) is 3.70. The minimum Gasteiger partial charge on any atom is -0.444 e. The fourth-order valence-electron chi connectivity index (χ4n) is 3.70. The van der Waals surface area contributed by atoms with Gasteiger partial charge in [-0.1, -0.05) is 0 Å². The molecule has 1 saturated heterocycles. The van der Waals surface area contributed by atoms with E-state index in [9.17, 15) is 52.7 Å². The first kappa shape index (κ1) is 30.3. The highest BCUT2D eigenvalue weighted by molar-refractivity contribution is 6.87. The lowest BCUT2D eigenvalue weighted by Gasteiger charge is -2.32. The van der Waals surface area contributed by atoms with Crippen LogP contribution in [-0.4, -0.2) is 21.4 Å². The van der Waals surface area contributed by atoms with Gasteiger partial charge in [0.2, 0.25) is 0 Å². The summed E-state index contributed by atoms with van der Waals surface area (Å²) in [6, 6.07) is 2.30. The standard InChI is InChI=1S/C21B3F12N3O3/c25-10-4(1-37)11(26)17(32)7(16(10)31)22-40-23(8-18(33)12(27)5(2-38)13(28)19(8)34)42-24(41-22)9-20(35)14(29)6(3-39)15(30)21(9)36. The number of hydrogen-bond acceptors (Lipinski definition) is 6. The number of nitriles is 3. The predicted molar refractivity (Wildman–Crippen MR) is 112 cm³/mol. The lowest BCUT2D eigenvalue weighted by atomic mass is 9.60. The molecule has 6 nitrogen and oxygen atoms in total. The molecule has 1 fully saturated rings. The second-order valence-corrected chi connectivity index (χ2v) is 7.87. The average Bonchev–Trinajstić information content (AvgIpc) is 2.95. The highest BCUT2D eigenvalue weighted by atomic mass is 19.2. The maximum Gasteiger partial charge on any atom is 0.473 e. The maximum absolute atomic E-state index is 14.8. The molecular weight excluding hydrogens is 603 g/mol. The third-order valence-electron chi connectivity index (χ3n) is 5.68. The molecule has 0 amide bonds. The molecule has 0 spiro atoms. The van der Waals surface area contributed by atoms with E-state index in [0.29, 0.717) is 0 Å². The number of halogens is 12. The van der Waals surface area contributed by atoms with Crippen molar-refractivity contribution in [1.29, 1.82) is 15.8 Å². The molecule has 1 heterocycles. The SMILES string of the molecule is N#Cc1c(F)c(F)c(B2OB(c3c(F)c(F)c(C#N)c(F)c3F)OB(c3c(F)c(F)c(C#N)c(F)c3F)O2)c(F)c1F. The zero-order valence-corrected chi connectivity index (χ0v) is 19.3. The molecule has 4 rings (SSSR count). The summed E-state index contributed by atoms with van der Waals surface area (Å²) < 4.78 is 188. The Morgan fingerprint density at radius 3 is 0.643 bits per heavy atom. The van der Waals surface area contributed by atoms with Crippen LogP contribution in [0.4, 0.5) is 52.7 Å². The van der Waals surface area contributed by atoms with Gasteiger partial charge in [0.1, 0.15) is 34.9 Å². The highest BCUT2D eigenvalue weighted by Crippen LogP contribution is 2.25. The molecule has 0 atom stereocenters. The Labute approximate surface area is 225 Å². The van der Waals surface area contributed by atoms with Crippen LogP contribution in [-0.2, 0) is 13.7 Å². The highest BCUT2D eigenvalue weighted by Gasteiger charge is 2.52. The molecule has 210 valence electrons. The van der Waals surface area contributed by atoms with Crippen molar-refractivity contribution in [3.63, 3.8) is 0 Å². The van der Waals surface area contributed by atoms with Crippen LogP contribution in [0.3, 0.4) is 0 Å². The summed E-state index contributed by atoms with van der Waals surface area (Å²) in [7, 11) is -9.52. The monoisotopic (exact) mass is 603 g/mol. The molecule has 0 unspecified atom stereocenters. The van der Waals surface area contributed by atoms with Gasteiger partial charge < -0.3 is 13.7 Å². The van der Waals surface area contributed by atoms with E-state index in [1.165, 1.54) is 0 Å². The Kier molecular flexibility index (Phi) is 7.93. The first-order valence-corrected chi connectivity index (χ1v) is 10.5. The van der Waals surface area contributed by atoms with Crippen LogP contribution in [0.5, 0.6) is 0 Å². The first-order chi connectivity index (χ1) is 19.7. The minimum absolute atomic E-state index is 0.767. The molecule has 0 N–H and O–H groups in total. The maximum atomic E-state index is 14.8. The first-order valence-electron chi connectivity index (χ1n) is 10.5. The third kappa shape index (κ3) is 4.41. The Morgan fingerprint density at radius 2 is 0.500 bits per heavy atom. The largest absolute Gasteiger partial charge is 0.473 e. The van der Waals surface area contributed by atoms with Gasteiger partial charge in [0.15, 0.2) is 69.8 Å². The van der Waals surface area contributed by atoms with Gasteiger partial charge >= 0.3 is 21.4 Å². The van der Waals surface area contributed by atoms with Crippen LogP contribution in [0.2, 0.25) is 0 Å². The van der Waals surface area contributed by atoms with E-state index in [2.05, 4.69) is 13.7 Å². The van der Waals surface area contributed by atoms with E-state index < -0.39 is 124 Å². The summed E-state index contributed by atoms with van der Waals surface area (Å²) in [4.78, 5) is 0. The zero-order chi connectivity index (χ0) is 31.4. The molecule has 0 aliphatic carbocycles. The summed E-state index contributed by atoms with van der Waals surface area (Å²) in [5.41, 5.74) is -11.7. The summed E-state index contributed by atoms with van der Waals surface area (Å²) in [6.45, 7) is 0. The fraction of sp³-hybridized carbons (Fsp3) is 0. The molecule has 1 aliphatic heterocycles. The van der Waals surface area contributed by atoms with Gasteiger partial charge in [-0.3, -0.25) is 0 Å². The molecule has 0 bridgehead atoms. The average molecular weight is 603 g/mol. The molecular formula is C21B3F12N3O3. The summed E-state index contributed by atoms with van der Waals surface area (Å²) in [5, 5.41) is 26.2. The van der Waals surface area contributed by atoms with Gasteiger partial charge in [-0.2, -0.15) is 15.8 Å². The molecule has 0 aromatic heterocycles. The van der Waals surface area contributed by atoms with E-state index in [1.54, 1.807) is 0 Å². The summed E-state index contributed by atoms with van der Waals surface area (Å²) >= 11 is 0. The van der Waals surface area contributed by atoms with Gasteiger partial charge in [0, 0.05) is 0 Å². The molecule has 21 heteroatoms. The Bertz CT molecular complexity index is 1520.